The molecule has 0 spiro atoms. The molecule has 1 aromatic carbocycles. The van der Waals surface area contributed by atoms with Gasteiger partial charge in [0, 0.05) is 21.9 Å². The van der Waals surface area contributed by atoms with Gasteiger partial charge in [0.15, 0.2) is 0 Å². The number of hydrogen-bond donors (Lipinski definition) is 2. The first-order chi connectivity index (χ1) is 10.2. The average Bonchev–Trinajstić information content (AvgIpc) is 2.41. The molecule has 0 aliphatic carbocycles. The van der Waals surface area contributed by atoms with E-state index in [4.69, 9.17) is 0 Å². The van der Waals surface area contributed by atoms with Crippen LogP contribution in [0.3, 0.4) is 0 Å². The Kier molecular flexibility index (Phi) is 4.86. The summed E-state index contributed by atoms with van der Waals surface area (Å²) in [6, 6.07) is 9.32. The van der Waals surface area contributed by atoms with Crippen molar-refractivity contribution in [1.82, 2.24) is 4.98 Å². The lowest BCUT2D eigenvalue weighted by Crippen LogP contribution is -2.26. The number of amides is 1. The van der Waals surface area contributed by atoms with Crippen LogP contribution in [0.4, 0.5) is 11.5 Å². The molecule has 0 unspecified atom stereocenters. The second-order valence-electron chi connectivity index (χ2n) is 6.22. The SMILES string of the molecule is Cc1cc(Br)ccc1NC(=O)c1ccc(NC(C)(C)C)nc1. The van der Waals surface area contributed by atoms with Gasteiger partial charge < -0.3 is 10.6 Å². The molecule has 2 N–H and O–H groups in total. The molecule has 0 atom stereocenters. The highest BCUT2D eigenvalue weighted by atomic mass is 79.9. The van der Waals surface area contributed by atoms with Crippen molar-refractivity contribution in [3.8, 4) is 0 Å². The summed E-state index contributed by atoms with van der Waals surface area (Å²) in [7, 11) is 0. The molecule has 0 fully saturated rings. The van der Waals surface area contributed by atoms with Gasteiger partial charge in [-0.2, -0.15) is 0 Å². The standard InChI is InChI=1S/C17H20BrN3O/c1-11-9-13(18)6-7-14(11)20-16(22)12-5-8-15(19-10-12)21-17(2,3)4/h5-10H,1-4H3,(H,19,21)(H,20,22). The zero-order chi connectivity index (χ0) is 16.3. The summed E-state index contributed by atoms with van der Waals surface area (Å²) in [4.78, 5) is 16.5. The van der Waals surface area contributed by atoms with Crippen LogP contribution in [0.5, 0.6) is 0 Å². The number of nitrogens with zero attached hydrogens (tertiary/aromatic N) is 1. The maximum absolute atomic E-state index is 12.3. The van der Waals surface area contributed by atoms with Crippen LogP contribution < -0.4 is 10.6 Å². The largest absolute Gasteiger partial charge is 0.365 e. The summed E-state index contributed by atoms with van der Waals surface area (Å²) in [5.74, 6) is 0.587. The molecule has 5 heteroatoms. The van der Waals surface area contributed by atoms with E-state index < -0.39 is 0 Å². The van der Waals surface area contributed by atoms with Gasteiger partial charge in [0.25, 0.3) is 5.91 Å². The van der Waals surface area contributed by atoms with Crippen molar-refractivity contribution < 1.29 is 4.79 Å². The molecule has 1 aromatic heterocycles. The third kappa shape index (κ3) is 4.56. The number of nitrogens with one attached hydrogen (secondary N) is 2. The number of carbonyl (C=O) groups excluding carboxylic acids is 1. The Balaban J connectivity index is 2.10. The van der Waals surface area contributed by atoms with Gasteiger partial charge in [-0.25, -0.2) is 4.98 Å². The molecule has 2 rings (SSSR count). The predicted molar refractivity (Wildman–Crippen MR) is 94.4 cm³/mol. The van der Waals surface area contributed by atoms with E-state index in [0.717, 1.165) is 21.5 Å². The number of halogens is 1. The summed E-state index contributed by atoms with van der Waals surface area (Å²) in [6.45, 7) is 8.14. The van der Waals surface area contributed by atoms with E-state index in [-0.39, 0.29) is 11.4 Å². The Bertz CT molecular complexity index is 675. The Morgan fingerprint density at radius 2 is 1.91 bits per heavy atom. The molecule has 0 radical (unpaired) electrons. The van der Waals surface area contributed by atoms with Crippen molar-refractivity contribution in [2.45, 2.75) is 33.2 Å². The van der Waals surface area contributed by atoms with Crippen LogP contribution in [-0.4, -0.2) is 16.4 Å². The quantitative estimate of drug-likeness (QED) is 0.838. The Hall–Kier alpha value is -1.88. The zero-order valence-electron chi connectivity index (χ0n) is 13.2. The molecule has 0 aliphatic rings. The molecule has 4 nitrogen and oxygen atoms in total. The van der Waals surface area contributed by atoms with Crippen molar-refractivity contribution in [2.24, 2.45) is 0 Å². The fourth-order valence-corrected chi connectivity index (χ4v) is 2.42. The lowest BCUT2D eigenvalue weighted by Gasteiger charge is -2.21. The smallest absolute Gasteiger partial charge is 0.257 e. The van der Waals surface area contributed by atoms with Crippen LogP contribution in [0.1, 0.15) is 36.7 Å². The molecule has 2 aromatic rings. The first kappa shape index (κ1) is 16.5. The molecule has 1 heterocycles. The highest BCUT2D eigenvalue weighted by Crippen LogP contribution is 2.21. The van der Waals surface area contributed by atoms with Crippen LogP contribution in [0.25, 0.3) is 0 Å². The molecular weight excluding hydrogens is 342 g/mol. The van der Waals surface area contributed by atoms with E-state index in [1.807, 2.05) is 31.2 Å². The second-order valence-corrected chi connectivity index (χ2v) is 7.14. The third-order valence-corrected chi connectivity index (χ3v) is 3.46. The summed E-state index contributed by atoms with van der Waals surface area (Å²) < 4.78 is 0.988. The van der Waals surface area contributed by atoms with Crippen LogP contribution >= 0.6 is 15.9 Å². The fraction of sp³-hybridized carbons (Fsp3) is 0.294. The summed E-state index contributed by atoms with van der Waals surface area (Å²) >= 11 is 3.41. The average molecular weight is 362 g/mol. The highest BCUT2D eigenvalue weighted by Gasteiger charge is 2.12. The number of anilines is 2. The van der Waals surface area contributed by atoms with Gasteiger partial charge in [0.2, 0.25) is 0 Å². The van der Waals surface area contributed by atoms with E-state index in [1.54, 1.807) is 12.3 Å². The van der Waals surface area contributed by atoms with Crippen LogP contribution in [0.2, 0.25) is 0 Å². The van der Waals surface area contributed by atoms with Gasteiger partial charge in [0.05, 0.1) is 5.56 Å². The van der Waals surface area contributed by atoms with E-state index in [9.17, 15) is 4.79 Å². The van der Waals surface area contributed by atoms with Crippen molar-refractivity contribution in [2.75, 3.05) is 10.6 Å². The predicted octanol–water partition coefficient (Wildman–Crippen LogP) is 4.62. The van der Waals surface area contributed by atoms with Crippen molar-refractivity contribution in [3.05, 3.63) is 52.1 Å². The first-order valence-corrected chi connectivity index (χ1v) is 7.86. The summed E-state index contributed by atoms with van der Waals surface area (Å²) in [5.41, 5.74) is 2.26. The normalized spacial score (nSPS) is 11.1. The van der Waals surface area contributed by atoms with Crippen LogP contribution in [0.15, 0.2) is 41.0 Å². The fourth-order valence-electron chi connectivity index (χ4n) is 1.95. The number of carbonyl (C=O) groups is 1. The second kappa shape index (κ2) is 6.48. The molecule has 0 aliphatic heterocycles. The minimum atomic E-state index is -0.166. The van der Waals surface area contributed by atoms with E-state index in [1.165, 1.54) is 0 Å². The third-order valence-electron chi connectivity index (χ3n) is 2.97. The highest BCUT2D eigenvalue weighted by molar-refractivity contribution is 9.10. The van der Waals surface area contributed by atoms with Crippen molar-refractivity contribution >= 4 is 33.3 Å². The van der Waals surface area contributed by atoms with Gasteiger partial charge in [-0.3, -0.25) is 4.79 Å². The zero-order valence-corrected chi connectivity index (χ0v) is 14.8. The van der Waals surface area contributed by atoms with E-state index in [0.29, 0.717) is 5.56 Å². The minimum Gasteiger partial charge on any atom is -0.365 e. The number of hydrogen-bond acceptors (Lipinski definition) is 3. The lowest BCUT2D eigenvalue weighted by molar-refractivity contribution is 0.102. The van der Waals surface area contributed by atoms with Crippen molar-refractivity contribution in [1.29, 1.82) is 0 Å². The molecule has 0 saturated heterocycles. The molecule has 116 valence electrons. The number of benzene rings is 1. The molecule has 0 bridgehead atoms. The maximum atomic E-state index is 12.3. The number of rotatable bonds is 3. The van der Waals surface area contributed by atoms with Gasteiger partial charge in [-0.15, -0.1) is 0 Å². The van der Waals surface area contributed by atoms with Gasteiger partial charge >= 0.3 is 0 Å². The minimum absolute atomic E-state index is 0.0642. The van der Waals surface area contributed by atoms with Gasteiger partial charge in [0.1, 0.15) is 5.82 Å². The first-order valence-electron chi connectivity index (χ1n) is 7.06. The monoisotopic (exact) mass is 361 g/mol. The Morgan fingerprint density at radius 1 is 1.18 bits per heavy atom. The van der Waals surface area contributed by atoms with E-state index in [2.05, 4.69) is 52.3 Å². The Labute approximate surface area is 139 Å². The number of aromatic nitrogens is 1. The topological polar surface area (TPSA) is 54.0 Å². The number of aryl methyl sites for hydroxylation is 1. The summed E-state index contributed by atoms with van der Waals surface area (Å²) in [6.07, 6.45) is 1.58. The maximum Gasteiger partial charge on any atom is 0.257 e. The van der Waals surface area contributed by atoms with Crippen molar-refractivity contribution in [3.63, 3.8) is 0 Å². The van der Waals surface area contributed by atoms with Crippen LogP contribution in [-0.2, 0) is 0 Å². The molecule has 0 saturated carbocycles. The summed E-state index contributed by atoms with van der Waals surface area (Å²) in [5, 5.41) is 6.17. The van der Waals surface area contributed by atoms with Gasteiger partial charge in [-0.1, -0.05) is 15.9 Å². The van der Waals surface area contributed by atoms with E-state index >= 15 is 0 Å². The molecule has 22 heavy (non-hydrogen) atoms. The Morgan fingerprint density at radius 3 is 2.45 bits per heavy atom. The van der Waals surface area contributed by atoms with Gasteiger partial charge in [-0.05, 0) is 63.6 Å². The lowest BCUT2D eigenvalue weighted by atomic mass is 10.1. The van der Waals surface area contributed by atoms with Crippen LogP contribution in [0, 0.1) is 6.92 Å². The number of pyridine rings is 1. The molecule has 1 amide bonds. The molecular formula is C17H20BrN3O.